The van der Waals surface area contributed by atoms with E-state index >= 15 is 0 Å². The Balaban J connectivity index is 1.96. The number of nitrogens with zero attached hydrogens (tertiary/aromatic N) is 1. The highest BCUT2D eigenvalue weighted by Gasteiger charge is 2.24. The van der Waals surface area contributed by atoms with Gasteiger partial charge in [-0.15, -0.1) is 0 Å². The van der Waals surface area contributed by atoms with E-state index in [2.05, 4.69) is 4.72 Å². The molecule has 0 fully saturated rings. The molecule has 0 spiro atoms. The Morgan fingerprint density at radius 2 is 1.33 bits per heavy atom. The van der Waals surface area contributed by atoms with Gasteiger partial charge in [0.2, 0.25) is 20.0 Å². The molecule has 0 amide bonds. The normalized spacial score (nSPS) is 13.3. The van der Waals surface area contributed by atoms with Crippen molar-refractivity contribution in [1.82, 2.24) is 9.03 Å². The molecule has 0 aromatic heterocycles. The van der Waals surface area contributed by atoms with Crippen molar-refractivity contribution in [3.63, 3.8) is 0 Å². The minimum atomic E-state index is -3.97. The monoisotopic (exact) mass is 444 g/mol. The fraction of sp³-hybridized carbons (Fsp3) is 0.182. The van der Waals surface area contributed by atoms with E-state index in [0.717, 1.165) is 15.4 Å². The molecule has 0 bridgehead atoms. The van der Waals surface area contributed by atoms with Crippen molar-refractivity contribution in [1.29, 1.82) is 0 Å². The predicted octanol–water partition coefficient (Wildman–Crippen LogP) is 3.20. The quantitative estimate of drug-likeness (QED) is 0.578. The second kappa shape index (κ2) is 9.09. The number of rotatable bonds is 8. The van der Waals surface area contributed by atoms with Gasteiger partial charge in [-0.1, -0.05) is 66.7 Å². The SMILES string of the molecule is CN(C)S(=O)(=O)c1cccc(S(=O)(=O)NC(Cc2ccccc2)c2ccccc2)c1. The molecule has 158 valence electrons. The number of sulfonamides is 2. The average molecular weight is 445 g/mol. The molecule has 1 unspecified atom stereocenters. The first-order valence-corrected chi connectivity index (χ1v) is 12.3. The van der Waals surface area contributed by atoms with Crippen LogP contribution in [0, 0.1) is 0 Å². The van der Waals surface area contributed by atoms with Crippen LogP contribution in [0.4, 0.5) is 0 Å². The van der Waals surface area contributed by atoms with Crippen molar-refractivity contribution >= 4 is 20.0 Å². The van der Waals surface area contributed by atoms with E-state index in [-0.39, 0.29) is 9.79 Å². The molecular formula is C22H24N2O4S2. The van der Waals surface area contributed by atoms with Crippen LogP contribution in [0.15, 0.2) is 94.7 Å². The second-order valence-corrected chi connectivity index (χ2v) is 10.9. The number of nitrogens with one attached hydrogen (secondary N) is 1. The van der Waals surface area contributed by atoms with Crippen LogP contribution in [0.3, 0.4) is 0 Å². The van der Waals surface area contributed by atoms with Gasteiger partial charge in [-0.25, -0.2) is 25.9 Å². The van der Waals surface area contributed by atoms with Crippen LogP contribution in [-0.4, -0.2) is 35.2 Å². The Kier molecular flexibility index (Phi) is 6.72. The van der Waals surface area contributed by atoms with E-state index in [9.17, 15) is 16.8 Å². The van der Waals surface area contributed by atoms with E-state index in [4.69, 9.17) is 0 Å². The van der Waals surface area contributed by atoms with E-state index in [1.54, 1.807) is 0 Å². The Bertz CT molecular complexity index is 1190. The van der Waals surface area contributed by atoms with Gasteiger partial charge >= 0.3 is 0 Å². The van der Waals surface area contributed by atoms with Gasteiger partial charge in [0.05, 0.1) is 15.8 Å². The van der Waals surface area contributed by atoms with Gasteiger partial charge < -0.3 is 0 Å². The lowest BCUT2D eigenvalue weighted by atomic mass is 10.00. The van der Waals surface area contributed by atoms with E-state index in [1.165, 1.54) is 38.4 Å². The minimum absolute atomic E-state index is 0.0744. The Labute approximate surface area is 178 Å². The summed E-state index contributed by atoms with van der Waals surface area (Å²) < 4.78 is 54.9. The molecule has 1 atom stereocenters. The molecule has 0 aliphatic heterocycles. The maximum Gasteiger partial charge on any atom is 0.242 e. The van der Waals surface area contributed by atoms with E-state index in [0.29, 0.717) is 6.42 Å². The summed E-state index contributed by atoms with van der Waals surface area (Å²) >= 11 is 0. The zero-order valence-electron chi connectivity index (χ0n) is 16.8. The summed E-state index contributed by atoms with van der Waals surface area (Å²) in [5.41, 5.74) is 1.81. The molecule has 30 heavy (non-hydrogen) atoms. The largest absolute Gasteiger partial charge is 0.242 e. The maximum atomic E-state index is 13.1. The summed E-state index contributed by atoms with van der Waals surface area (Å²) in [6, 6.07) is 23.8. The Morgan fingerprint density at radius 1 is 0.767 bits per heavy atom. The Morgan fingerprint density at radius 3 is 1.93 bits per heavy atom. The van der Waals surface area contributed by atoms with Crippen LogP contribution < -0.4 is 4.72 Å². The number of benzene rings is 3. The highest BCUT2D eigenvalue weighted by Crippen LogP contribution is 2.23. The summed E-state index contributed by atoms with van der Waals surface area (Å²) in [4.78, 5) is -0.172. The summed E-state index contributed by atoms with van der Waals surface area (Å²) in [6.45, 7) is 0. The lowest BCUT2D eigenvalue weighted by molar-refractivity contribution is 0.520. The van der Waals surface area contributed by atoms with Gasteiger partial charge in [0.1, 0.15) is 0 Å². The summed E-state index contributed by atoms with van der Waals surface area (Å²) in [6.07, 6.45) is 0.458. The number of hydrogen-bond donors (Lipinski definition) is 1. The van der Waals surface area contributed by atoms with Crippen molar-refractivity contribution in [2.24, 2.45) is 0 Å². The van der Waals surface area contributed by atoms with Gasteiger partial charge in [-0.3, -0.25) is 0 Å². The molecule has 0 saturated carbocycles. The average Bonchev–Trinajstić information content (AvgIpc) is 2.74. The van der Waals surface area contributed by atoms with Gasteiger partial charge in [0, 0.05) is 14.1 Å². The minimum Gasteiger partial charge on any atom is -0.207 e. The third kappa shape index (κ3) is 5.14. The van der Waals surface area contributed by atoms with Crippen LogP contribution in [0.1, 0.15) is 17.2 Å². The lowest BCUT2D eigenvalue weighted by Crippen LogP contribution is -2.30. The van der Waals surface area contributed by atoms with Crippen LogP contribution >= 0.6 is 0 Å². The van der Waals surface area contributed by atoms with Crippen molar-refractivity contribution in [2.45, 2.75) is 22.3 Å². The highest BCUT2D eigenvalue weighted by molar-refractivity contribution is 7.90. The molecule has 6 nitrogen and oxygen atoms in total. The van der Waals surface area contributed by atoms with Gasteiger partial charge in [0.25, 0.3) is 0 Å². The summed E-state index contributed by atoms with van der Waals surface area (Å²) in [7, 11) is -4.91. The summed E-state index contributed by atoms with van der Waals surface area (Å²) in [5.74, 6) is 0. The molecular weight excluding hydrogens is 420 g/mol. The predicted molar refractivity (Wildman–Crippen MR) is 117 cm³/mol. The molecule has 8 heteroatoms. The summed E-state index contributed by atoms with van der Waals surface area (Å²) in [5, 5.41) is 0. The van der Waals surface area contributed by atoms with Gasteiger partial charge in [-0.05, 0) is 35.7 Å². The molecule has 1 N–H and O–H groups in total. The molecule has 3 aromatic rings. The third-order valence-electron chi connectivity index (χ3n) is 4.68. The molecule has 0 heterocycles. The molecule has 0 saturated heterocycles. The fourth-order valence-electron chi connectivity index (χ4n) is 3.03. The van der Waals surface area contributed by atoms with Crippen LogP contribution in [0.5, 0.6) is 0 Å². The van der Waals surface area contributed by atoms with Crippen molar-refractivity contribution in [3.8, 4) is 0 Å². The molecule has 3 rings (SSSR count). The molecule has 0 aliphatic carbocycles. The van der Waals surface area contributed by atoms with Crippen molar-refractivity contribution in [3.05, 3.63) is 96.1 Å². The van der Waals surface area contributed by atoms with Crippen molar-refractivity contribution < 1.29 is 16.8 Å². The van der Waals surface area contributed by atoms with Gasteiger partial charge in [-0.2, -0.15) is 0 Å². The highest BCUT2D eigenvalue weighted by atomic mass is 32.2. The maximum absolute atomic E-state index is 13.1. The van der Waals surface area contributed by atoms with Crippen LogP contribution in [-0.2, 0) is 26.5 Å². The molecule has 3 aromatic carbocycles. The smallest absolute Gasteiger partial charge is 0.207 e. The third-order valence-corrected chi connectivity index (χ3v) is 7.96. The first-order chi connectivity index (χ1) is 14.2. The zero-order valence-corrected chi connectivity index (χ0v) is 18.4. The number of hydrogen-bond acceptors (Lipinski definition) is 4. The van der Waals surface area contributed by atoms with Crippen LogP contribution in [0.2, 0.25) is 0 Å². The van der Waals surface area contributed by atoms with Crippen molar-refractivity contribution in [2.75, 3.05) is 14.1 Å². The second-order valence-electron chi connectivity index (χ2n) is 7.04. The standard InChI is InChI=1S/C22H24N2O4S2/c1-24(2)30(27,28)21-15-9-14-20(17-21)29(25,26)23-22(19-12-7-4-8-13-19)16-18-10-5-3-6-11-18/h3-15,17,22-23H,16H2,1-2H3. The first kappa shape index (κ1) is 22.2. The molecule has 0 radical (unpaired) electrons. The Hall–Kier alpha value is -2.52. The molecule has 0 aliphatic rings. The zero-order chi connectivity index (χ0) is 21.8. The first-order valence-electron chi connectivity index (χ1n) is 9.34. The fourth-order valence-corrected chi connectivity index (χ4v) is 5.32. The van der Waals surface area contributed by atoms with Gasteiger partial charge in [0.15, 0.2) is 0 Å². The van der Waals surface area contributed by atoms with Crippen LogP contribution in [0.25, 0.3) is 0 Å². The van der Waals surface area contributed by atoms with E-state index in [1.807, 2.05) is 60.7 Å². The lowest BCUT2D eigenvalue weighted by Gasteiger charge is -2.20. The van der Waals surface area contributed by atoms with E-state index < -0.39 is 26.1 Å². The topological polar surface area (TPSA) is 83.6 Å².